The fourth-order valence-corrected chi connectivity index (χ4v) is 1.96. The first-order valence-electron chi connectivity index (χ1n) is 3.39. The molecule has 0 saturated carbocycles. The average Bonchev–Trinajstić information content (AvgIpc) is 2.46. The van der Waals surface area contributed by atoms with Gasteiger partial charge in [-0.1, -0.05) is 11.6 Å². The van der Waals surface area contributed by atoms with E-state index >= 15 is 0 Å². The van der Waals surface area contributed by atoms with Crippen molar-refractivity contribution in [3.05, 3.63) is 22.4 Å². The highest BCUT2D eigenvalue weighted by Gasteiger charge is 2.08. The number of primary amides is 1. The van der Waals surface area contributed by atoms with Crippen LogP contribution in [-0.4, -0.2) is 15.9 Å². The van der Waals surface area contributed by atoms with Crippen molar-refractivity contribution in [1.29, 1.82) is 0 Å². The van der Waals surface area contributed by atoms with E-state index < -0.39 is 5.91 Å². The summed E-state index contributed by atoms with van der Waals surface area (Å²) < 4.78 is 0.814. The summed E-state index contributed by atoms with van der Waals surface area (Å²) in [5, 5.41) is 0.659. The third-order valence-corrected chi connectivity index (χ3v) is 2.69. The van der Waals surface area contributed by atoms with E-state index in [1.54, 1.807) is 6.07 Å². The molecule has 0 aliphatic carbocycles. The molecular weight excluding hydrogens is 210 g/mol. The summed E-state index contributed by atoms with van der Waals surface area (Å²) in [6, 6.07) is 1.65. The fourth-order valence-electron chi connectivity index (χ4n) is 0.913. The summed E-state index contributed by atoms with van der Waals surface area (Å²) in [6.07, 6.45) is 1.51. The molecule has 0 radical (unpaired) electrons. The Bertz CT molecular complexity index is 482. The summed E-state index contributed by atoms with van der Waals surface area (Å²) in [4.78, 5) is 18.6. The number of carbonyl (C=O) groups excluding carboxylic acids is 1. The number of thiazole rings is 1. The molecule has 0 fully saturated rings. The Labute approximate surface area is 82.4 Å². The first kappa shape index (κ1) is 8.40. The SMILES string of the molecule is NC(=O)c1nc2cnc(Cl)cc2s1. The zero-order valence-electron chi connectivity index (χ0n) is 6.32. The molecule has 2 rings (SSSR count). The largest absolute Gasteiger partial charge is 0.364 e. The summed E-state index contributed by atoms with van der Waals surface area (Å²) in [6.45, 7) is 0. The number of carbonyl (C=O) groups is 1. The maximum atomic E-state index is 10.8. The Hall–Kier alpha value is -1.20. The highest BCUT2D eigenvalue weighted by molar-refractivity contribution is 7.20. The Morgan fingerprint density at radius 2 is 2.38 bits per heavy atom. The van der Waals surface area contributed by atoms with Crippen molar-refractivity contribution in [2.24, 2.45) is 5.73 Å². The summed E-state index contributed by atoms with van der Waals surface area (Å²) >= 11 is 6.87. The van der Waals surface area contributed by atoms with Crippen LogP contribution in [0.4, 0.5) is 0 Å². The van der Waals surface area contributed by atoms with E-state index in [9.17, 15) is 4.79 Å². The Morgan fingerprint density at radius 3 is 3.08 bits per heavy atom. The predicted molar refractivity (Wildman–Crippen MR) is 50.9 cm³/mol. The summed E-state index contributed by atoms with van der Waals surface area (Å²) in [5.74, 6) is -0.530. The van der Waals surface area contributed by atoms with E-state index in [0.29, 0.717) is 10.7 Å². The van der Waals surface area contributed by atoms with Crippen LogP contribution in [0.25, 0.3) is 10.2 Å². The second-order valence-corrected chi connectivity index (χ2v) is 3.78. The van der Waals surface area contributed by atoms with Crippen molar-refractivity contribution in [2.45, 2.75) is 0 Å². The van der Waals surface area contributed by atoms with Crippen molar-refractivity contribution in [2.75, 3.05) is 0 Å². The summed E-state index contributed by atoms with van der Waals surface area (Å²) in [5.41, 5.74) is 5.71. The zero-order chi connectivity index (χ0) is 9.42. The van der Waals surface area contributed by atoms with Gasteiger partial charge in [-0.05, 0) is 6.07 Å². The number of amides is 1. The van der Waals surface area contributed by atoms with E-state index in [1.807, 2.05) is 0 Å². The molecule has 0 saturated heterocycles. The van der Waals surface area contributed by atoms with Crippen LogP contribution in [0.2, 0.25) is 5.15 Å². The normalized spacial score (nSPS) is 10.5. The second-order valence-electron chi connectivity index (χ2n) is 2.36. The number of nitrogens with two attached hydrogens (primary N) is 1. The van der Waals surface area contributed by atoms with Gasteiger partial charge < -0.3 is 5.73 Å². The lowest BCUT2D eigenvalue weighted by Crippen LogP contribution is -2.09. The molecule has 0 aliphatic heterocycles. The van der Waals surface area contributed by atoms with Crippen LogP contribution >= 0.6 is 22.9 Å². The third-order valence-electron chi connectivity index (χ3n) is 1.45. The van der Waals surface area contributed by atoms with Gasteiger partial charge in [-0.3, -0.25) is 4.79 Å². The van der Waals surface area contributed by atoms with Crippen LogP contribution in [0.1, 0.15) is 9.80 Å². The van der Waals surface area contributed by atoms with Gasteiger partial charge in [0, 0.05) is 0 Å². The third kappa shape index (κ3) is 1.48. The van der Waals surface area contributed by atoms with Crippen molar-refractivity contribution < 1.29 is 4.79 Å². The first-order valence-corrected chi connectivity index (χ1v) is 4.58. The smallest absolute Gasteiger partial charge is 0.277 e. The lowest BCUT2D eigenvalue weighted by atomic mass is 10.4. The first-order chi connectivity index (χ1) is 6.16. The Morgan fingerprint density at radius 1 is 1.62 bits per heavy atom. The van der Waals surface area contributed by atoms with Gasteiger partial charge >= 0.3 is 0 Å². The molecule has 66 valence electrons. The Kier molecular flexibility index (Phi) is 1.90. The molecule has 0 atom stereocenters. The van der Waals surface area contributed by atoms with E-state index in [2.05, 4.69) is 9.97 Å². The minimum absolute atomic E-state index is 0.277. The number of halogens is 1. The number of pyridine rings is 1. The second kappa shape index (κ2) is 2.93. The van der Waals surface area contributed by atoms with Crippen LogP contribution in [0.5, 0.6) is 0 Å². The van der Waals surface area contributed by atoms with Crippen LogP contribution in [-0.2, 0) is 0 Å². The molecule has 2 N–H and O–H groups in total. The monoisotopic (exact) mass is 213 g/mol. The van der Waals surface area contributed by atoms with Gasteiger partial charge in [0.15, 0.2) is 5.01 Å². The van der Waals surface area contributed by atoms with Crippen LogP contribution in [0.15, 0.2) is 12.3 Å². The van der Waals surface area contributed by atoms with Gasteiger partial charge in [-0.2, -0.15) is 0 Å². The van der Waals surface area contributed by atoms with Crippen LogP contribution < -0.4 is 5.73 Å². The molecule has 1 amide bonds. The number of rotatable bonds is 1. The van der Waals surface area contributed by atoms with Gasteiger partial charge in [-0.25, -0.2) is 9.97 Å². The molecule has 0 aliphatic rings. The molecule has 2 aromatic heterocycles. The highest BCUT2D eigenvalue weighted by atomic mass is 35.5. The van der Waals surface area contributed by atoms with E-state index in [0.717, 1.165) is 4.70 Å². The fraction of sp³-hybridized carbons (Fsp3) is 0. The molecule has 0 spiro atoms. The van der Waals surface area contributed by atoms with Gasteiger partial charge in [-0.15, -0.1) is 11.3 Å². The minimum Gasteiger partial charge on any atom is -0.364 e. The van der Waals surface area contributed by atoms with Gasteiger partial charge in [0.05, 0.1) is 10.9 Å². The lowest BCUT2D eigenvalue weighted by molar-refractivity contribution is 0.1000. The molecule has 4 nitrogen and oxygen atoms in total. The van der Waals surface area contributed by atoms with Crippen molar-refractivity contribution >= 4 is 39.1 Å². The molecule has 6 heteroatoms. The van der Waals surface area contributed by atoms with Gasteiger partial charge in [0.2, 0.25) is 0 Å². The summed E-state index contributed by atoms with van der Waals surface area (Å²) in [7, 11) is 0. The molecular formula is C7H4ClN3OS. The molecule has 0 bridgehead atoms. The van der Waals surface area contributed by atoms with Crippen LogP contribution in [0.3, 0.4) is 0 Å². The number of fused-ring (bicyclic) bond motifs is 1. The Balaban J connectivity index is 2.68. The van der Waals surface area contributed by atoms with E-state index in [-0.39, 0.29) is 5.01 Å². The number of aromatic nitrogens is 2. The van der Waals surface area contributed by atoms with Gasteiger partial charge in [0.25, 0.3) is 5.91 Å². The van der Waals surface area contributed by atoms with E-state index in [1.165, 1.54) is 17.5 Å². The van der Waals surface area contributed by atoms with Crippen molar-refractivity contribution in [3.8, 4) is 0 Å². The molecule has 2 heterocycles. The van der Waals surface area contributed by atoms with Crippen molar-refractivity contribution in [3.63, 3.8) is 0 Å². The number of hydrogen-bond acceptors (Lipinski definition) is 4. The quantitative estimate of drug-likeness (QED) is 0.729. The molecule has 2 aromatic rings. The van der Waals surface area contributed by atoms with E-state index in [4.69, 9.17) is 17.3 Å². The molecule has 13 heavy (non-hydrogen) atoms. The standard InChI is InChI=1S/C7H4ClN3OS/c8-5-1-4-3(2-10-5)11-7(13-4)6(9)12/h1-2H,(H2,9,12). The van der Waals surface area contributed by atoms with Crippen molar-refractivity contribution in [1.82, 2.24) is 9.97 Å². The maximum absolute atomic E-state index is 10.8. The molecule has 0 aromatic carbocycles. The molecule has 0 unspecified atom stereocenters. The highest BCUT2D eigenvalue weighted by Crippen LogP contribution is 2.22. The number of nitrogens with zero attached hydrogens (tertiary/aromatic N) is 2. The predicted octanol–water partition coefficient (Wildman–Crippen LogP) is 1.44. The lowest BCUT2D eigenvalue weighted by Gasteiger charge is -1.85. The number of hydrogen-bond donors (Lipinski definition) is 1. The van der Waals surface area contributed by atoms with Gasteiger partial charge in [0.1, 0.15) is 10.7 Å². The average molecular weight is 214 g/mol. The topological polar surface area (TPSA) is 68.9 Å². The maximum Gasteiger partial charge on any atom is 0.277 e. The minimum atomic E-state index is -0.530. The van der Waals surface area contributed by atoms with Crippen LogP contribution in [0, 0.1) is 0 Å². The zero-order valence-corrected chi connectivity index (χ0v) is 7.89.